The molecule has 0 saturated heterocycles. The standard InChI is InChI=1S/C20H22O4/c1-6-12-24-19(8-3)16(7-2)18(21)13-15-10-9-11-17(14(15)4)20(22)23-5/h6-11H,1-3,12-13H2,4-5H3/b19-16-. The molecule has 0 radical (unpaired) electrons. The Morgan fingerprint density at radius 3 is 2.42 bits per heavy atom. The van der Waals surface area contributed by atoms with Crippen LogP contribution in [0.3, 0.4) is 0 Å². The van der Waals surface area contributed by atoms with Crippen molar-refractivity contribution < 1.29 is 19.1 Å². The summed E-state index contributed by atoms with van der Waals surface area (Å²) in [5, 5.41) is 0. The predicted molar refractivity (Wildman–Crippen MR) is 94.8 cm³/mol. The molecule has 126 valence electrons. The van der Waals surface area contributed by atoms with Crippen LogP contribution in [0.15, 0.2) is 67.5 Å². The van der Waals surface area contributed by atoms with Crippen LogP contribution in [0.2, 0.25) is 0 Å². The summed E-state index contributed by atoms with van der Waals surface area (Å²) in [6, 6.07) is 5.20. The summed E-state index contributed by atoms with van der Waals surface area (Å²) >= 11 is 0. The zero-order valence-corrected chi connectivity index (χ0v) is 14.1. The maximum absolute atomic E-state index is 12.6. The molecule has 0 saturated carbocycles. The lowest BCUT2D eigenvalue weighted by Crippen LogP contribution is -2.12. The average Bonchev–Trinajstić information content (AvgIpc) is 2.59. The SMILES string of the molecule is C=CCO/C(C=C)=C(/C=C)C(=O)Cc1cccc(C(=O)OC)c1C. The van der Waals surface area contributed by atoms with E-state index in [1.165, 1.54) is 19.3 Å². The van der Waals surface area contributed by atoms with Crippen LogP contribution in [0.1, 0.15) is 21.5 Å². The van der Waals surface area contributed by atoms with Gasteiger partial charge in [0.25, 0.3) is 0 Å². The monoisotopic (exact) mass is 326 g/mol. The van der Waals surface area contributed by atoms with Crippen molar-refractivity contribution >= 4 is 11.8 Å². The molecule has 1 aromatic carbocycles. The zero-order valence-electron chi connectivity index (χ0n) is 14.1. The van der Waals surface area contributed by atoms with E-state index in [1.54, 1.807) is 31.2 Å². The highest BCUT2D eigenvalue weighted by Gasteiger charge is 2.17. The number of allylic oxidation sites excluding steroid dienone is 3. The van der Waals surface area contributed by atoms with Gasteiger partial charge in [0, 0.05) is 6.42 Å². The molecular formula is C20H22O4. The molecule has 0 aliphatic carbocycles. The zero-order chi connectivity index (χ0) is 18.1. The average molecular weight is 326 g/mol. The number of benzene rings is 1. The van der Waals surface area contributed by atoms with Crippen LogP contribution < -0.4 is 0 Å². The first-order valence-corrected chi connectivity index (χ1v) is 7.42. The van der Waals surface area contributed by atoms with Gasteiger partial charge in [-0.15, -0.1) is 0 Å². The van der Waals surface area contributed by atoms with Gasteiger partial charge in [0.15, 0.2) is 5.78 Å². The summed E-state index contributed by atoms with van der Waals surface area (Å²) in [4.78, 5) is 24.4. The fourth-order valence-electron chi connectivity index (χ4n) is 2.22. The highest BCUT2D eigenvalue weighted by atomic mass is 16.5. The molecule has 0 spiro atoms. The van der Waals surface area contributed by atoms with E-state index < -0.39 is 5.97 Å². The summed E-state index contributed by atoms with van der Waals surface area (Å²) in [5.74, 6) is -0.242. The van der Waals surface area contributed by atoms with Crippen LogP contribution in [0.4, 0.5) is 0 Å². The summed E-state index contributed by atoms with van der Waals surface area (Å²) < 4.78 is 10.2. The minimum atomic E-state index is -0.428. The van der Waals surface area contributed by atoms with Crippen LogP contribution in [-0.2, 0) is 20.7 Å². The molecule has 1 aromatic rings. The van der Waals surface area contributed by atoms with Crippen molar-refractivity contribution in [2.45, 2.75) is 13.3 Å². The van der Waals surface area contributed by atoms with E-state index in [1.807, 2.05) is 0 Å². The Morgan fingerprint density at radius 2 is 1.88 bits per heavy atom. The van der Waals surface area contributed by atoms with E-state index in [9.17, 15) is 9.59 Å². The van der Waals surface area contributed by atoms with Crippen LogP contribution in [0.25, 0.3) is 0 Å². The number of carbonyl (C=O) groups excluding carboxylic acids is 2. The minimum Gasteiger partial charge on any atom is -0.489 e. The number of Topliss-reactive ketones (excluding diaryl/α,β-unsaturated/α-hetero) is 1. The normalized spacial score (nSPS) is 11.1. The Kier molecular flexibility index (Phi) is 7.43. The molecule has 0 aromatic heterocycles. The Bertz CT molecular complexity index is 696. The first kappa shape index (κ1) is 19.2. The number of hydrogen-bond acceptors (Lipinski definition) is 4. The Balaban J connectivity index is 3.15. The largest absolute Gasteiger partial charge is 0.489 e. The second-order valence-electron chi connectivity index (χ2n) is 4.97. The number of carbonyl (C=O) groups is 2. The van der Waals surface area contributed by atoms with Crippen LogP contribution in [0.5, 0.6) is 0 Å². The third-order valence-corrected chi connectivity index (χ3v) is 3.51. The Labute approximate surface area is 142 Å². The molecule has 0 N–H and O–H groups in total. The first-order valence-electron chi connectivity index (χ1n) is 7.42. The van der Waals surface area contributed by atoms with Crippen molar-refractivity contribution in [1.82, 2.24) is 0 Å². The quantitative estimate of drug-likeness (QED) is 0.228. The highest BCUT2D eigenvalue weighted by Crippen LogP contribution is 2.19. The number of ether oxygens (including phenoxy) is 2. The van der Waals surface area contributed by atoms with E-state index in [0.29, 0.717) is 22.5 Å². The van der Waals surface area contributed by atoms with Gasteiger partial charge in [0.05, 0.1) is 18.2 Å². The maximum Gasteiger partial charge on any atom is 0.338 e. The molecule has 0 aliphatic rings. The van der Waals surface area contributed by atoms with E-state index in [2.05, 4.69) is 19.7 Å². The summed E-state index contributed by atoms with van der Waals surface area (Å²) in [5.41, 5.74) is 2.25. The lowest BCUT2D eigenvalue weighted by molar-refractivity contribution is -0.114. The van der Waals surface area contributed by atoms with E-state index >= 15 is 0 Å². The molecule has 24 heavy (non-hydrogen) atoms. The summed E-state index contributed by atoms with van der Waals surface area (Å²) in [7, 11) is 1.32. The van der Waals surface area contributed by atoms with Gasteiger partial charge in [-0.25, -0.2) is 4.79 Å². The molecule has 0 amide bonds. The van der Waals surface area contributed by atoms with E-state index in [0.717, 1.165) is 5.56 Å². The number of hydrogen-bond donors (Lipinski definition) is 0. The van der Waals surface area contributed by atoms with Crippen molar-refractivity contribution in [1.29, 1.82) is 0 Å². The molecule has 0 fully saturated rings. The summed E-state index contributed by atoms with van der Waals surface area (Å²) in [6.07, 6.45) is 4.61. The van der Waals surface area contributed by atoms with E-state index in [4.69, 9.17) is 9.47 Å². The topological polar surface area (TPSA) is 52.6 Å². The lowest BCUT2D eigenvalue weighted by atomic mass is 9.95. The fourth-order valence-corrected chi connectivity index (χ4v) is 2.22. The molecule has 0 aliphatic heterocycles. The molecule has 0 atom stereocenters. The Hall–Kier alpha value is -2.88. The number of methoxy groups -OCH3 is 1. The van der Waals surface area contributed by atoms with Crippen molar-refractivity contribution in [3.05, 3.63) is 84.2 Å². The van der Waals surface area contributed by atoms with Gasteiger partial charge in [-0.3, -0.25) is 4.79 Å². The third kappa shape index (κ3) is 4.56. The Morgan fingerprint density at radius 1 is 1.17 bits per heavy atom. The van der Waals surface area contributed by atoms with Gasteiger partial charge in [-0.1, -0.05) is 44.0 Å². The molecule has 4 heteroatoms. The van der Waals surface area contributed by atoms with E-state index in [-0.39, 0.29) is 18.8 Å². The van der Waals surface area contributed by atoms with Crippen molar-refractivity contribution in [3.8, 4) is 0 Å². The van der Waals surface area contributed by atoms with Gasteiger partial charge in [0.2, 0.25) is 0 Å². The maximum atomic E-state index is 12.6. The number of ketones is 1. The molecule has 0 heterocycles. The van der Waals surface area contributed by atoms with Gasteiger partial charge in [-0.2, -0.15) is 0 Å². The first-order chi connectivity index (χ1) is 11.5. The van der Waals surface area contributed by atoms with Crippen molar-refractivity contribution in [2.24, 2.45) is 0 Å². The third-order valence-electron chi connectivity index (χ3n) is 3.51. The second kappa shape index (κ2) is 9.30. The number of rotatable bonds is 9. The smallest absolute Gasteiger partial charge is 0.338 e. The van der Waals surface area contributed by atoms with Gasteiger partial charge >= 0.3 is 5.97 Å². The molecule has 4 nitrogen and oxygen atoms in total. The predicted octanol–water partition coefficient (Wildman–Crippen LogP) is 3.72. The van der Waals surface area contributed by atoms with Crippen molar-refractivity contribution in [3.63, 3.8) is 0 Å². The van der Waals surface area contributed by atoms with Crippen LogP contribution in [-0.4, -0.2) is 25.5 Å². The molecule has 0 bridgehead atoms. The number of esters is 1. The van der Waals surface area contributed by atoms with Crippen molar-refractivity contribution in [2.75, 3.05) is 13.7 Å². The molecule has 0 unspecified atom stereocenters. The van der Waals surface area contributed by atoms with Crippen LogP contribution in [0, 0.1) is 6.92 Å². The van der Waals surface area contributed by atoms with Crippen LogP contribution >= 0.6 is 0 Å². The second-order valence-corrected chi connectivity index (χ2v) is 4.97. The lowest BCUT2D eigenvalue weighted by Gasteiger charge is -2.12. The van der Waals surface area contributed by atoms with Gasteiger partial charge < -0.3 is 9.47 Å². The summed E-state index contributed by atoms with van der Waals surface area (Å²) in [6.45, 7) is 13.0. The minimum absolute atomic E-state index is 0.118. The highest BCUT2D eigenvalue weighted by molar-refractivity contribution is 6.00. The van der Waals surface area contributed by atoms with Gasteiger partial charge in [-0.05, 0) is 30.2 Å². The molecular weight excluding hydrogens is 304 g/mol. The molecule has 1 rings (SSSR count). The van der Waals surface area contributed by atoms with Gasteiger partial charge in [0.1, 0.15) is 12.4 Å². The fraction of sp³-hybridized carbons (Fsp3) is 0.200.